The third kappa shape index (κ3) is 6.36. The summed E-state index contributed by atoms with van der Waals surface area (Å²) in [6, 6.07) is 14.4. The van der Waals surface area contributed by atoms with Crippen molar-refractivity contribution in [2.45, 2.75) is 25.8 Å². The molecule has 2 rings (SSSR count). The van der Waals surface area contributed by atoms with E-state index in [-0.39, 0.29) is 31.0 Å². The van der Waals surface area contributed by atoms with Crippen molar-refractivity contribution in [2.24, 2.45) is 0 Å². The number of phenols is 1. The van der Waals surface area contributed by atoms with Crippen LogP contribution in [-0.4, -0.2) is 29.6 Å². The zero-order chi connectivity index (χ0) is 19.6. The Morgan fingerprint density at radius 2 is 1.85 bits per heavy atom. The first-order valence-electron chi connectivity index (χ1n) is 8.55. The van der Waals surface area contributed by atoms with Gasteiger partial charge in [0.15, 0.2) is 0 Å². The van der Waals surface area contributed by atoms with Crippen LogP contribution in [-0.2, 0) is 11.2 Å². The van der Waals surface area contributed by atoms with Gasteiger partial charge in [-0.15, -0.1) is 0 Å². The highest BCUT2D eigenvalue weighted by molar-refractivity contribution is 5.94. The quantitative estimate of drug-likeness (QED) is 0.564. The number of aromatic hydroxyl groups is 1. The Bertz CT molecular complexity index is 828. The molecule has 0 aliphatic heterocycles. The molecule has 4 N–H and O–H groups in total. The third-order valence-corrected chi connectivity index (χ3v) is 3.93. The molecule has 2 aromatic rings. The number of hydrogen-bond acceptors (Lipinski definition) is 4. The van der Waals surface area contributed by atoms with E-state index in [0.717, 1.165) is 11.1 Å². The minimum absolute atomic E-state index is 0.124. The fraction of sp³-hybridized carbons (Fsp3) is 0.250. The summed E-state index contributed by atoms with van der Waals surface area (Å²) in [4.78, 5) is 24.8. The summed E-state index contributed by atoms with van der Waals surface area (Å²) in [5, 5.41) is 26.1. The zero-order valence-corrected chi connectivity index (χ0v) is 15.0. The Balaban J connectivity index is 2.07. The summed E-state index contributed by atoms with van der Waals surface area (Å²) >= 11 is 0. The van der Waals surface area contributed by atoms with Crippen LogP contribution in [0.3, 0.4) is 0 Å². The van der Waals surface area contributed by atoms with E-state index >= 15 is 0 Å². The minimum atomic E-state index is -0.822. The van der Waals surface area contributed by atoms with Crippen molar-refractivity contribution in [3.63, 3.8) is 0 Å². The van der Waals surface area contributed by atoms with Crippen LogP contribution in [0.2, 0.25) is 0 Å². The fourth-order valence-corrected chi connectivity index (χ4v) is 2.47. The molecule has 0 aromatic heterocycles. The number of urea groups is 1. The molecule has 0 aliphatic rings. The number of anilines is 1. The van der Waals surface area contributed by atoms with E-state index in [0.29, 0.717) is 5.69 Å². The number of amides is 3. The molecule has 140 valence electrons. The van der Waals surface area contributed by atoms with Gasteiger partial charge in [-0.3, -0.25) is 4.79 Å². The van der Waals surface area contributed by atoms with Crippen LogP contribution in [0.4, 0.5) is 10.5 Å². The van der Waals surface area contributed by atoms with E-state index in [9.17, 15) is 14.7 Å². The smallest absolute Gasteiger partial charge is 0.319 e. The monoisotopic (exact) mass is 366 g/mol. The van der Waals surface area contributed by atoms with Gasteiger partial charge in [-0.1, -0.05) is 30.3 Å². The van der Waals surface area contributed by atoms with E-state index < -0.39 is 12.1 Å². The second-order valence-electron chi connectivity index (χ2n) is 6.04. The Hall–Kier alpha value is -3.53. The molecule has 3 amide bonds. The highest BCUT2D eigenvalue weighted by Gasteiger charge is 2.21. The van der Waals surface area contributed by atoms with E-state index in [1.807, 2.05) is 31.2 Å². The molecule has 1 atom stereocenters. The Morgan fingerprint density at radius 1 is 1.15 bits per heavy atom. The van der Waals surface area contributed by atoms with Gasteiger partial charge < -0.3 is 21.1 Å². The average Bonchev–Trinajstić information content (AvgIpc) is 2.65. The summed E-state index contributed by atoms with van der Waals surface area (Å²) < 4.78 is 0. The van der Waals surface area contributed by atoms with Crippen LogP contribution < -0.4 is 16.0 Å². The summed E-state index contributed by atoms with van der Waals surface area (Å²) in [7, 11) is 0. The molecule has 0 bridgehead atoms. The minimum Gasteiger partial charge on any atom is -0.508 e. The van der Waals surface area contributed by atoms with Gasteiger partial charge >= 0.3 is 6.03 Å². The molecular formula is C20H22N4O3. The van der Waals surface area contributed by atoms with Crippen molar-refractivity contribution in [1.82, 2.24) is 10.6 Å². The van der Waals surface area contributed by atoms with Crippen molar-refractivity contribution >= 4 is 17.6 Å². The highest BCUT2D eigenvalue weighted by atomic mass is 16.3. The Labute approximate surface area is 158 Å². The standard InChI is InChI=1S/C20H22N4O3/c1-14-5-2-3-6-17(14)23-20(27)24-18(19(26)22-12-4-11-21)13-15-7-9-16(25)10-8-15/h2-3,5-10,18,25H,4,12-13H2,1H3,(H,22,26)(H2,23,24,27). The molecule has 0 fully saturated rings. The van der Waals surface area contributed by atoms with Gasteiger partial charge in [0.05, 0.1) is 12.5 Å². The highest BCUT2D eigenvalue weighted by Crippen LogP contribution is 2.14. The van der Waals surface area contributed by atoms with Gasteiger partial charge in [0.1, 0.15) is 11.8 Å². The van der Waals surface area contributed by atoms with Gasteiger partial charge in [0.25, 0.3) is 0 Å². The van der Waals surface area contributed by atoms with Crippen LogP contribution >= 0.6 is 0 Å². The van der Waals surface area contributed by atoms with Crippen molar-refractivity contribution in [1.29, 1.82) is 5.26 Å². The fourth-order valence-electron chi connectivity index (χ4n) is 2.47. The van der Waals surface area contributed by atoms with Crippen molar-refractivity contribution in [3.05, 3.63) is 59.7 Å². The number of nitrogens with zero attached hydrogens (tertiary/aromatic N) is 1. The number of rotatable bonds is 7. The number of phenolic OH excluding ortho intramolecular Hbond substituents is 1. The molecule has 0 heterocycles. The molecule has 0 saturated carbocycles. The molecule has 7 heteroatoms. The predicted molar refractivity (Wildman–Crippen MR) is 102 cm³/mol. The maximum absolute atomic E-state index is 12.4. The van der Waals surface area contributed by atoms with Crippen molar-refractivity contribution in [3.8, 4) is 11.8 Å². The molecule has 1 unspecified atom stereocenters. The van der Waals surface area contributed by atoms with Crippen LogP contribution in [0.15, 0.2) is 48.5 Å². The van der Waals surface area contributed by atoms with Gasteiger partial charge in [-0.2, -0.15) is 5.26 Å². The third-order valence-electron chi connectivity index (χ3n) is 3.93. The molecule has 0 aliphatic carbocycles. The summed E-state index contributed by atoms with van der Waals surface area (Å²) in [5.74, 6) is -0.253. The van der Waals surface area contributed by atoms with E-state index in [1.165, 1.54) is 12.1 Å². The van der Waals surface area contributed by atoms with E-state index in [1.54, 1.807) is 18.2 Å². The van der Waals surface area contributed by atoms with Crippen LogP contribution in [0.25, 0.3) is 0 Å². The molecular weight excluding hydrogens is 344 g/mol. The number of aryl methyl sites for hydroxylation is 1. The first-order chi connectivity index (χ1) is 13.0. The van der Waals surface area contributed by atoms with Crippen LogP contribution in [0.1, 0.15) is 17.5 Å². The maximum atomic E-state index is 12.4. The number of nitriles is 1. The number of hydrogen-bond donors (Lipinski definition) is 4. The van der Waals surface area contributed by atoms with E-state index in [2.05, 4.69) is 16.0 Å². The second kappa shape index (κ2) is 9.82. The predicted octanol–water partition coefficient (Wildman–Crippen LogP) is 2.46. The molecule has 0 saturated heterocycles. The van der Waals surface area contributed by atoms with Crippen LogP contribution in [0, 0.1) is 18.3 Å². The zero-order valence-electron chi connectivity index (χ0n) is 15.0. The maximum Gasteiger partial charge on any atom is 0.319 e. The lowest BCUT2D eigenvalue weighted by molar-refractivity contribution is -0.122. The van der Waals surface area contributed by atoms with Crippen molar-refractivity contribution < 1.29 is 14.7 Å². The van der Waals surface area contributed by atoms with Gasteiger partial charge in [-0.25, -0.2) is 4.79 Å². The lowest BCUT2D eigenvalue weighted by atomic mass is 10.1. The first-order valence-corrected chi connectivity index (χ1v) is 8.55. The van der Waals surface area contributed by atoms with Gasteiger partial charge in [-0.05, 0) is 36.2 Å². The first kappa shape index (κ1) is 19.8. The Morgan fingerprint density at radius 3 is 2.52 bits per heavy atom. The van der Waals surface area contributed by atoms with Gasteiger partial charge in [0, 0.05) is 18.7 Å². The molecule has 7 nitrogen and oxygen atoms in total. The second-order valence-corrected chi connectivity index (χ2v) is 6.04. The lowest BCUT2D eigenvalue weighted by Gasteiger charge is -2.19. The number of para-hydroxylation sites is 1. The van der Waals surface area contributed by atoms with E-state index in [4.69, 9.17) is 5.26 Å². The number of carbonyl (C=O) groups is 2. The largest absolute Gasteiger partial charge is 0.508 e. The van der Waals surface area contributed by atoms with Crippen LogP contribution in [0.5, 0.6) is 5.75 Å². The number of benzene rings is 2. The topological polar surface area (TPSA) is 114 Å². The molecule has 0 radical (unpaired) electrons. The SMILES string of the molecule is Cc1ccccc1NC(=O)NC(Cc1ccc(O)cc1)C(=O)NCCC#N. The summed E-state index contributed by atoms with van der Waals surface area (Å²) in [6.45, 7) is 2.08. The molecule has 0 spiro atoms. The van der Waals surface area contributed by atoms with Crippen molar-refractivity contribution in [2.75, 3.05) is 11.9 Å². The number of nitrogens with one attached hydrogen (secondary N) is 3. The average molecular weight is 366 g/mol. The summed E-state index contributed by atoms with van der Waals surface area (Å²) in [5.41, 5.74) is 2.34. The normalized spacial score (nSPS) is 11.1. The lowest BCUT2D eigenvalue weighted by Crippen LogP contribution is -2.49. The molecule has 27 heavy (non-hydrogen) atoms. The Kier molecular flexibility index (Phi) is 7.20. The number of carbonyl (C=O) groups excluding carboxylic acids is 2. The molecule has 2 aromatic carbocycles. The van der Waals surface area contributed by atoms with Gasteiger partial charge in [0.2, 0.25) is 5.91 Å². The summed E-state index contributed by atoms with van der Waals surface area (Å²) in [6.07, 6.45) is 0.437.